The molecule has 27 heavy (non-hydrogen) atoms. The Balaban J connectivity index is 1.77. The van der Waals surface area contributed by atoms with E-state index in [-0.39, 0.29) is 12.7 Å². The molecule has 1 rings (SSSR count). The molecule has 0 radical (unpaired) electrons. The van der Waals surface area contributed by atoms with E-state index in [4.69, 9.17) is 14.0 Å². The Morgan fingerprint density at radius 1 is 0.889 bits per heavy atom. The minimum Gasteiger partial charge on any atom is -0.467 e. The van der Waals surface area contributed by atoms with Gasteiger partial charge in [-0.1, -0.05) is 90.4 Å². The lowest BCUT2D eigenvalue weighted by atomic mass is 10.0. The first-order valence-electron chi connectivity index (χ1n) is 11.1. The van der Waals surface area contributed by atoms with Crippen LogP contribution in [0, 0.1) is 0 Å². The molecule has 5 nitrogen and oxygen atoms in total. The van der Waals surface area contributed by atoms with E-state index in [0.717, 1.165) is 13.0 Å². The Kier molecular flexibility index (Phi) is 16.2. The van der Waals surface area contributed by atoms with Gasteiger partial charge in [0.05, 0.1) is 13.2 Å². The van der Waals surface area contributed by atoms with Gasteiger partial charge in [0, 0.05) is 12.7 Å². The van der Waals surface area contributed by atoms with Crippen molar-refractivity contribution in [3.05, 3.63) is 12.3 Å². The van der Waals surface area contributed by atoms with E-state index in [1.807, 2.05) is 0 Å². The summed E-state index contributed by atoms with van der Waals surface area (Å²) in [4.78, 5) is 0. The van der Waals surface area contributed by atoms with Gasteiger partial charge >= 0.3 is 0 Å². The number of nitrogens with zero attached hydrogens (tertiary/aromatic N) is 1. The molecule has 0 saturated heterocycles. The Bertz CT molecular complexity index is 397. The summed E-state index contributed by atoms with van der Waals surface area (Å²) in [6, 6.07) is 1.62. The zero-order valence-electron chi connectivity index (χ0n) is 17.4. The fraction of sp³-hybridized carbons (Fsp3) is 0.864. The molecule has 1 aromatic heterocycles. The molecule has 1 N–H and O–H groups in total. The minimum atomic E-state index is -0.387. The lowest BCUT2D eigenvalue weighted by Gasteiger charge is -2.14. The van der Waals surface area contributed by atoms with Crippen LogP contribution >= 0.6 is 0 Å². The summed E-state index contributed by atoms with van der Waals surface area (Å²) in [6.45, 7) is 3.28. The summed E-state index contributed by atoms with van der Waals surface area (Å²) >= 11 is 0. The molecular formula is C22H41NO4. The molecule has 0 aliphatic carbocycles. The molecule has 1 heterocycles. The van der Waals surface area contributed by atoms with Crippen LogP contribution in [0.25, 0.3) is 0 Å². The van der Waals surface area contributed by atoms with E-state index in [2.05, 4.69) is 12.1 Å². The van der Waals surface area contributed by atoms with E-state index in [1.54, 1.807) is 6.07 Å². The van der Waals surface area contributed by atoms with Gasteiger partial charge in [-0.25, -0.2) is 0 Å². The van der Waals surface area contributed by atoms with Gasteiger partial charge in [-0.3, -0.25) is 0 Å². The summed E-state index contributed by atoms with van der Waals surface area (Å²) in [5, 5.41) is 13.0. The Labute approximate surface area is 165 Å². The van der Waals surface area contributed by atoms with Gasteiger partial charge in [-0.2, -0.15) is 0 Å². The summed E-state index contributed by atoms with van der Waals surface area (Å²) in [7, 11) is 0. The molecule has 0 saturated carbocycles. The molecule has 0 unspecified atom stereocenters. The molecule has 0 amide bonds. The number of aliphatic hydroxyl groups excluding tert-OH is 1. The Morgan fingerprint density at radius 3 is 1.93 bits per heavy atom. The zero-order chi connectivity index (χ0) is 19.4. The van der Waals surface area contributed by atoms with E-state index >= 15 is 0 Å². The van der Waals surface area contributed by atoms with Crippen molar-refractivity contribution in [2.75, 3.05) is 19.8 Å². The SMILES string of the molecule is CCCCCCCCCCCCCCCCOC[C@@H](CO)Oc1ccon1. The van der Waals surface area contributed by atoms with Gasteiger partial charge < -0.3 is 19.1 Å². The lowest BCUT2D eigenvalue weighted by Crippen LogP contribution is -2.27. The topological polar surface area (TPSA) is 64.7 Å². The third kappa shape index (κ3) is 14.6. The molecule has 0 fully saturated rings. The van der Waals surface area contributed by atoms with Gasteiger partial charge in [0.1, 0.15) is 12.4 Å². The van der Waals surface area contributed by atoms with E-state index in [1.165, 1.54) is 89.7 Å². The number of aromatic nitrogens is 1. The second-order valence-corrected chi connectivity index (χ2v) is 7.43. The maximum Gasteiger partial charge on any atom is 0.254 e. The van der Waals surface area contributed by atoms with Crippen molar-refractivity contribution < 1.29 is 19.1 Å². The van der Waals surface area contributed by atoms with Gasteiger partial charge in [0.2, 0.25) is 0 Å². The van der Waals surface area contributed by atoms with Gasteiger partial charge in [0.25, 0.3) is 5.88 Å². The Hall–Kier alpha value is -1.07. The molecule has 0 spiro atoms. The Morgan fingerprint density at radius 2 is 1.44 bits per heavy atom. The second-order valence-electron chi connectivity index (χ2n) is 7.43. The predicted octanol–water partition coefficient (Wildman–Crippen LogP) is 5.91. The average molecular weight is 384 g/mol. The van der Waals surface area contributed by atoms with Crippen molar-refractivity contribution in [1.29, 1.82) is 0 Å². The second kappa shape index (κ2) is 18.3. The van der Waals surface area contributed by atoms with Crippen LogP contribution in [-0.2, 0) is 4.74 Å². The molecule has 0 aliphatic rings. The lowest BCUT2D eigenvalue weighted by molar-refractivity contribution is 0.0153. The molecule has 0 aliphatic heterocycles. The fourth-order valence-corrected chi connectivity index (χ4v) is 3.17. The van der Waals surface area contributed by atoms with Crippen molar-refractivity contribution in [3.63, 3.8) is 0 Å². The fourth-order valence-electron chi connectivity index (χ4n) is 3.17. The van der Waals surface area contributed by atoms with Gasteiger partial charge in [0.15, 0.2) is 0 Å². The molecule has 0 bridgehead atoms. The maximum atomic E-state index is 9.29. The maximum absolute atomic E-state index is 9.29. The molecule has 1 atom stereocenters. The van der Waals surface area contributed by atoms with Crippen molar-refractivity contribution >= 4 is 0 Å². The first-order valence-corrected chi connectivity index (χ1v) is 11.1. The van der Waals surface area contributed by atoms with Crippen molar-refractivity contribution in [2.45, 2.75) is 103 Å². The molecular weight excluding hydrogens is 342 g/mol. The van der Waals surface area contributed by atoms with E-state index in [9.17, 15) is 5.11 Å². The van der Waals surface area contributed by atoms with E-state index < -0.39 is 0 Å². The van der Waals surface area contributed by atoms with Crippen LogP contribution in [0.4, 0.5) is 0 Å². The first-order chi connectivity index (χ1) is 13.4. The third-order valence-corrected chi connectivity index (χ3v) is 4.85. The standard InChI is InChI=1S/C22H41NO4/c1-2-3-4-5-6-7-8-9-10-11-12-13-14-15-17-25-20-21(19-24)27-22-16-18-26-23-22/h16,18,21,24H,2-15,17,19-20H2,1H3/t21-/m1/s1. The summed E-state index contributed by atoms with van der Waals surface area (Å²) in [5.41, 5.74) is 0. The number of aliphatic hydroxyl groups is 1. The largest absolute Gasteiger partial charge is 0.467 e. The summed E-state index contributed by atoms with van der Waals surface area (Å²) < 4.78 is 15.7. The number of ether oxygens (including phenoxy) is 2. The van der Waals surface area contributed by atoms with Crippen LogP contribution in [0.15, 0.2) is 16.9 Å². The van der Waals surface area contributed by atoms with Crippen LogP contribution < -0.4 is 4.74 Å². The highest BCUT2D eigenvalue weighted by atomic mass is 16.6. The van der Waals surface area contributed by atoms with Crippen LogP contribution in [0.3, 0.4) is 0 Å². The van der Waals surface area contributed by atoms with Crippen LogP contribution in [0.1, 0.15) is 96.8 Å². The molecule has 0 aromatic carbocycles. The molecule has 158 valence electrons. The van der Waals surface area contributed by atoms with Crippen LogP contribution in [0.5, 0.6) is 5.88 Å². The normalized spacial score (nSPS) is 12.4. The van der Waals surface area contributed by atoms with Crippen LogP contribution in [0.2, 0.25) is 0 Å². The highest BCUT2D eigenvalue weighted by molar-refractivity contribution is 5.02. The predicted molar refractivity (Wildman–Crippen MR) is 109 cm³/mol. The molecule has 1 aromatic rings. The number of unbranched alkanes of at least 4 members (excludes halogenated alkanes) is 13. The third-order valence-electron chi connectivity index (χ3n) is 4.85. The number of hydrogen-bond donors (Lipinski definition) is 1. The quantitative estimate of drug-likeness (QED) is 0.283. The van der Waals surface area contributed by atoms with Crippen molar-refractivity contribution in [2.24, 2.45) is 0 Å². The minimum absolute atomic E-state index is 0.0917. The molecule has 5 heteroatoms. The summed E-state index contributed by atoms with van der Waals surface area (Å²) in [5.74, 6) is 0.383. The first kappa shape index (κ1) is 24.0. The average Bonchev–Trinajstić information content (AvgIpc) is 3.19. The highest BCUT2D eigenvalue weighted by Crippen LogP contribution is 2.13. The monoisotopic (exact) mass is 383 g/mol. The van der Waals surface area contributed by atoms with E-state index in [0.29, 0.717) is 12.5 Å². The zero-order valence-corrected chi connectivity index (χ0v) is 17.4. The van der Waals surface area contributed by atoms with Gasteiger partial charge in [-0.15, -0.1) is 0 Å². The number of hydrogen-bond acceptors (Lipinski definition) is 5. The van der Waals surface area contributed by atoms with Gasteiger partial charge in [-0.05, 0) is 11.6 Å². The van der Waals surface area contributed by atoms with Crippen molar-refractivity contribution in [3.8, 4) is 5.88 Å². The summed E-state index contributed by atoms with van der Waals surface area (Å²) in [6.07, 6.45) is 20.0. The number of rotatable bonds is 20. The smallest absolute Gasteiger partial charge is 0.254 e. The van der Waals surface area contributed by atoms with Crippen LogP contribution in [-0.4, -0.2) is 36.2 Å². The van der Waals surface area contributed by atoms with Crippen molar-refractivity contribution in [1.82, 2.24) is 5.16 Å². The highest BCUT2D eigenvalue weighted by Gasteiger charge is 2.11.